The van der Waals surface area contributed by atoms with Gasteiger partial charge in [0.15, 0.2) is 0 Å². The van der Waals surface area contributed by atoms with Gasteiger partial charge in [-0.25, -0.2) is 0 Å². The summed E-state index contributed by atoms with van der Waals surface area (Å²) in [6.45, 7) is 3.91. The van der Waals surface area contributed by atoms with Crippen LogP contribution >= 0.6 is 11.6 Å². The highest BCUT2D eigenvalue weighted by Gasteiger charge is 2.24. The zero-order valence-corrected chi connectivity index (χ0v) is 11.4. The zero-order valence-electron chi connectivity index (χ0n) is 10.7. The molecule has 94 valence electrons. The van der Waals surface area contributed by atoms with Crippen LogP contribution in [0.15, 0.2) is 24.3 Å². The quantitative estimate of drug-likeness (QED) is 0.775. The molecule has 0 amide bonds. The van der Waals surface area contributed by atoms with Gasteiger partial charge < -0.3 is 4.90 Å². The van der Waals surface area contributed by atoms with Crippen molar-refractivity contribution in [1.82, 2.24) is 9.78 Å². The van der Waals surface area contributed by atoms with Crippen molar-refractivity contribution in [2.75, 3.05) is 4.90 Å². The molecule has 0 bridgehead atoms. The van der Waals surface area contributed by atoms with E-state index in [0.29, 0.717) is 5.88 Å². The maximum absolute atomic E-state index is 6.06. The van der Waals surface area contributed by atoms with Crippen LogP contribution in [-0.2, 0) is 26.0 Å². The highest BCUT2D eigenvalue weighted by atomic mass is 35.5. The Labute approximate surface area is 112 Å². The van der Waals surface area contributed by atoms with Crippen molar-refractivity contribution < 1.29 is 0 Å². The molecule has 1 aromatic carbocycles. The molecule has 0 aliphatic carbocycles. The van der Waals surface area contributed by atoms with Gasteiger partial charge in [0.1, 0.15) is 5.82 Å². The Morgan fingerprint density at radius 1 is 1.22 bits per heavy atom. The second-order valence-electron chi connectivity index (χ2n) is 4.77. The lowest BCUT2D eigenvalue weighted by molar-refractivity contribution is 0.714. The van der Waals surface area contributed by atoms with Crippen molar-refractivity contribution in [2.24, 2.45) is 7.05 Å². The molecular formula is C14H16ClN3. The molecule has 0 fully saturated rings. The molecule has 1 aliphatic heterocycles. The van der Waals surface area contributed by atoms with Crippen molar-refractivity contribution in [3.05, 3.63) is 46.6 Å². The molecule has 18 heavy (non-hydrogen) atoms. The number of benzene rings is 1. The summed E-state index contributed by atoms with van der Waals surface area (Å²) >= 11 is 6.06. The van der Waals surface area contributed by atoms with Crippen LogP contribution < -0.4 is 4.90 Å². The van der Waals surface area contributed by atoms with Crippen LogP contribution in [0.4, 0.5) is 5.82 Å². The van der Waals surface area contributed by atoms with E-state index in [9.17, 15) is 0 Å². The topological polar surface area (TPSA) is 21.1 Å². The summed E-state index contributed by atoms with van der Waals surface area (Å²) in [7, 11) is 1.99. The van der Waals surface area contributed by atoms with Gasteiger partial charge in [-0.1, -0.05) is 24.3 Å². The SMILES string of the molecule is Cc1nn(C)c(N2Cc3ccccc3C2)c1CCl. The summed E-state index contributed by atoms with van der Waals surface area (Å²) in [6, 6.07) is 8.58. The molecule has 3 nitrogen and oxygen atoms in total. The lowest BCUT2D eigenvalue weighted by atomic mass is 10.1. The minimum Gasteiger partial charge on any atom is -0.348 e. The molecule has 4 heteroatoms. The van der Waals surface area contributed by atoms with Crippen molar-refractivity contribution in [1.29, 1.82) is 0 Å². The van der Waals surface area contributed by atoms with Crippen LogP contribution in [0.2, 0.25) is 0 Å². The third-order valence-electron chi connectivity index (χ3n) is 3.59. The Balaban J connectivity index is 2.00. The molecule has 3 rings (SSSR count). The first-order chi connectivity index (χ1) is 8.70. The second kappa shape index (κ2) is 4.32. The normalized spacial score (nSPS) is 14.1. The monoisotopic (exact) mass is 261 g/mol. The average Bonchev–Trinajstić information content (AvgIpc) is 2.88. The molecule has 2 heterocycles. The first-order valence-corrected chi connectivity index (χ1v) is 6.64. The summed E-state index contributed by atoms with van der Waals surface area (Å²) in [5, 5.41) is 4.48. The minimum absolute atomic E-state index is 0.516. The van der Waals surface area contributed by atoms with Crippen LogP contribution in [0.1, 0.15) is 22.4 Å². The number of halogens is 1. The predicted octanol–water partition coefficient (Wildman–Crippen LogP) is 2.99. The van der Waals surface area contributed by atoms with Crippen LogP contribution in [-0.4, -0.2) is 9.78 Å². The highest BCUT2D eigenvalue weighted by Crippen LogP contribution is 2.32. The van der Waals surface area contributed by atoms with E-state index in [4.69, 9.17) is 11.6 Å². The first kappa shape index (κ1) is 11.6. The number of fused-ring (bicyclic) bond motifs is 1. The number of hydrogen-bond acceptors (Lipinski definition) is 2. The Bertz CT molecular complexity index is 564. The van der Waals surface area contributed by atoms with E-state index in [-0.39, 0.29) is 0 Å². The number of nitrogens with zero attached hydrogens (tertiary/aromatic N) is 3. The fraction of sp³-hybridized carbons (Fsp3) is 0.357. The van der Waals surface area contributed by atoms with Gasteiger partial charge in [0.2, 0.25) is 0 Å². The van der Waals surface area contributed by atoms with Gasteiger partial charge in [-0.2, -0.15) is 5.10 Å². The fourth-order valence-electron chi connectivity index (χ4n) is 2.72. The van der Waals surface area contributed by atoms with E-state index in [1.54, 1.807) is 0 Å². The van der Waals surface area contributed by atoms with Gasteiger partial charge >= 0.3 is 0 Å². The Hall–Kier alpha value is -1.48. The number of aryl methyl sites for hydroxylation is 2. The van der Waals surface area contributed by atoms with Crippen molar-refractivity contribution in [3.63, 3.8) is 0 Å². The van der Waals surface area contributed by atoms with Crippen LogP contribution in [0.3, 0.4) is 0 Å². The highest BCUT2D eigenvalue weighted by molar-refractivity contribution is 6.17. The number of rotatable bonds is 2. The first-order valence-electron chi connectivity index (χ1n) is 6.11. The van der Waals surface area contributed by atoms with E-state index < -0.39 is 0 Å². The molecule has 1 aromatic heterocycles. The standard InChI is InChI=1S/C14H16ClN3/c1-10-13(7-15)14(17(2)16-10)18-8-11-5-3-4-6-12(11)9-18/h3-6H,7-9H2,1-2H3. The maximum Gasteiger partial charge on any atom is 0.131 e. The van der Waals surface area contributed by atoms with Crippen LogP contribution in [0.5, 0.6) is 0 Å². The van der Waals surface area contributed by atoms with E-state index in [0.717, 1.165) is 30.2 Å². The molecule has 0 atom stereocenters. The van der Waals surface area contributed by atoms with Gasteiger partial charge in [0, 0.05) is 25.7 Å². The van der Waals surface area contributed by atoms with Crippen LogP contribution in [0, 0.1) is 6.92 Å². The smallest absolute Gasteiger partial charge is 0.131 e. The molecule has 0 N–H and O–H groups in total. The van der Waals surface area contributed by atoms with Crippen LogP contribution in [0.25, 0.3) is 0 Å². The molecule has 0 saturated heterocycles. The Morgan fingerprint density at radius 3 is 2.39 bits per heavy atom. The Morgan fingerprint density at radius 2 is 1.83 bits per heavy atom. The summed E-state index contributed by atoms with van der Waals surface area (Å²) in [5.41, 5.74) is 4.97. The van der Waals surface area contributed by atoms with Crippen molar-refractivity contribution in [3.8, 4) is 0 Å². The molecule has 0 unspecified atom stereocenters. The average molecular weight is 262 g/mol. The van der Waals surface area contributed by atoms with Gasteiger partial charge in [-0.05, 0) is 18.1 Å². The summed E-state index contributed by atoms with van der Waals surface area (Å²) in [5.74, 6) is 1.67. The zero-order chi connectivity index (χ0) is 12.7. The van der Waals surface area contributed by atoms with Gasteiger partial charge in [-0.15, -0.1) is 11.6 Å². The van der Waals surface area contributed by atoms with E-state index >= 15 is 0 Å². The van der Waals surface area contributed by atoms with E-state index in [2.05, 4.69) is 34.3 Å². The largest absolute Gasteiger partial charge is 0.348 e. The fourth-order valence-corrected chi connectivity index (χ4v) is 3.04. The van der Waals surface area contributed by atoms with Gasteiger partial charge in [-0.3, -0.25) is 4.68 Å². The number of aromatic nitrogens is 2. The molecule has 2 aromatic rings. The molecular weight excluding hydrogens is 246 g/mol. The van der Waals surface area contributed by atoms with Gasteiger partial charge in [0.05, 0.1) is 11.6 Å². The molecule has 1 aliphatic rings. The molecule has 0 radical (unpaired) electrons. The van der Waals surface area contributed by atoms with Crippen molar-refractivity contribution in [2.45, 2.75) is 25.9 Å². The third kappa shape index (κ3) is 1.70. The summed E-state index contributed by atoms with van der Waals surface area (Å²) in [4.78, 5) is 2.35. The van der Waals surface area contributed by atoms with Crippen molar-refractivity contribution >= 4 is 17.4 Å². The van der Waals surface area contributed by atoms with E-state index in [1.807, 2.05) is 18.7 Å². The van der Waals surface area contributed by atoms with E-state index in [1.165, 1.54) is 11.1 Å². The summed E-state index contributed by atoms with van der Waals surface area (Å²) in [6.07, 6.45) is 0. The Kier molecular flexibility index (Phi) is 2.78. The minimum atomic E-state index is 0.516. The maximum atomic E-state index is 6.06. The molecule has 0 spiro atoms. The van der Waals surface area contributed by atoms with Gasteiger partial charge in [0.25, 0.3) is 0 Å². The number of anilines is 1. The number of hydrogen-bond donors (Lipinski definition) is 0. The third-order valence-corrected chi connectivity index (χ3v) is 3.85. The lowest BCUT2D eigenvalue weighted by Gasteiger charge is -2.19. The lowest BCUT2D eigenvalue weighted by Crippen LogP contribution is -2.19. The number of alkyl halides is 1. The summed E-state index contributed by atoms with van der Waals surface area (Å²) < 4.78 is 1.94. The molecule has 0 saturated carbocycles. The predicted molar refractivity (Wildman–Crippen MR) is 73.8 cm³/mol. The second-order valence-corrected chi connectivity index (χ2v) is 5.04.